The summed E-state index contributed by atoms with van der Waals surface area (Å²) in [5, 5.41) is 15.3. The Kier molecular flexibility index (Phi) is 5.51. The molecule has 1 aliphatic rings. The molecule has 8 nitrogen and oxygen atoms in total. The van der Waals surface area contributed by atoms with E-state index in [1.807, 2.05) is 41.9 Å². The lowest BCUT2D eigenvalue weighted by atomic mass is 10.2. The summed E-state index contributed by atoms with van der Waals surface area (Å²) in [6, 6.07) is 12.2. The van der Waals surface area contributed by atoms with Crippen molar-refractivity contribution in [1.29, 1.82) is 0 Å². The number of primary amides is 1. The zero-order valence-corrected chi connectivity index (χ0v) is 18.7. The third-order valence-corrected chi connectivity index (χ3v) is 7.33. The van der Waals surface area contributed by atoms with Crippen molar-refractivity contribution >= 4 is 39.2 Å². The molecule has 4 aromatic rings. The molecule has 160 valence electrons. The number of nitrogens with zero attached hydrogens (tertiary/aromatic N) is 5. The first kappa shape index (κ1) is 20.2. The second-order valence-electron chi connectivity index (χ2n) is 7.47. The maximum atomic E-state index is 11.3. The number of carbonyl (C=O) groups excluding carboxylic acids is 1. The summed E-state index contributed by atoms with van der Waals surface area (Å²) in [5.41, 5.74) is 7.34. The van der Waals surface area contributed by atoms with Crippen LogP contribution in [-0.2, 0) is 16.1 Å². The van der Waals surface area contributed by atoms with Crippen LogP contribution in [0.2, 0.25) is 0 Å². The molecule has 1 fully saturated rings. The van der Waals surface area contributed by atoms with Gasteiger partial charge in [0.15, 0.2) is 11.0 Å². The van der Waals surface area contributed by atoms with Gasteiger partial charge in [0.1, 0.15) is 4.83 Å². The van der Waals surface area contributed by atoms with Crippen molar-refractivity contribution in [3.63, 3.8) is 0 Å². The zero-order valence-electron chi connectivity index (χ0n) is 17.0. The van der Waals surface area contributed by atoms with Crippen LogP contribution in [0.4, 0.5) is 0 Å². The number of amides is 1. The average Bonchev–Trinajstić information content (AvgIpc) is 3.54. The number of benzene rings is 1. The van der Waals surface area contributed by atoms with Gasteiger partial charge in [-0.15, -0.1) is 21.5 Å². The summed E-state index contributed by atoms with van der Waals surface area (Å²) < 4.78 is 9.88. The van der Waals surface area contributed by atoms with Gasteiger partial charge in [-0.25, -0.2) is 4.68 Å². The summed E-state index contributed by atoms with van der Waals surface area (Å²) in [4.78, 5) is 13.4. The van der Waals surface area contributed by atoms with Gasteiger partial charge < -0.3 is 10.5 Å². The number of aryl methyl sites for hydroxylation is 1. The molecule has 0 spiro atoms. The molecule has 2 N–H and O–H groups in total. The van der Waals surface area contributed by atoms with E-state index < -0.39 is 0 Å². The van der Waals surface area contributed by atoms with E-state index in [4.69, 9.17) is 15.6 Å². The summed E-state index contributed by atoms with van der Waals surface area (Å²) in [6.07, 6.45) is 2.19. The van der Waals surface area contributed by atoms with Gasteiger partial charge in [-0.05, 0) is 38.0 Å². The van der Waals surface area contributed by atoms with Crippen molar-refractivity contribution in [3.8, 4) is 16.4 Å². The number of hydrogen-bond donors (Lipinski definition) is 1. The smallest absolute Gasteiger partial charge is 0.227 e. The van der Waals surface area contributed by atoms with Crippen molar-refractivity contribution < 1.29 is 9.53 Å². The molecule has 0 bridgehead atoms. The Balaban J connectivity index is 1.56. The number of fused-ring (bicyclic) bond motifs is 1. The van der Waals surface area contributed by atoms with E-state index >= 15 is 0 Å². The monoisotopic (exact) mass is 454 g/mol. The minimum absolute atomic E-state index is 0.124. The van der Waals surface area contributed by atoms with E-state index in [-0.39, 0.29) is 17.8 Å². The molecule has 3 aromatic heterocycles. The molecule has 0 radical (unpaired) electrons. The average molecular weight is 455 g/mol. The van der Waals surface area contributed by atoms with Crippen LogP contribution >= 0.6 is 23.1 Å². The van der Waals surface area contributed by atoms with E-state index in [0.717, 1.165) is 51.7 Å². The summed E-state index contributed by atoms with van der Waals surface area (Å²) >= 11 is 2.95. The summed E-state index contributed by atoms with van der Waals surface area (Å²) in [5.74, 6) is 0.569. The Morgan fingerprint density at radius 3 is 2.90 bits per heavy atom. The molecule has 1 amide bonds. The Morgan fingerprint density at radius 2 is 2.16 bits per heavy atom. The lowest BCUT2D eigenvalue weighted by Gasteiger charge is -2.13. The number of hydrogen-bond acceptors (Lipinski definition) is 7. The van der Waals surface area contributed by atoms with Crippen LogP contribution in [0.25, 0.3) is 26.6 Å². The van der Waals surface area contributed by atoms with Crippen molar-refractivity contribution in [3.05, 3.63) is 42.1 Å². The van der Waals surface area contributed by atoms with Gasteiger partial charge in [0, 0.05) is 12.0 Å². The molecule has 4 heterocycles. The third kappa shape index (κ3) is 3.98. The van der Waals surface area contributed by atoms with Crippen molar-refractivity contribution in [2.24, 2.45) is 5.73 Å². The Morgan fingerprint density at radius 1 is 1.32 bits per heavy atom. The van der Waals surface area contributed by atoms with E-state index in [0.29, 0.717) is 11.7 Å². The molecule has 5 rings (SSSR count). The highest BCUT2D eigenvalue weighted by Crippen LogP contribution is 2.37. The normalized spacial score (nSPS) is 16.4. The third-order valence-electron chi connectivity index (χ3n) is 5.24. The molecular weight excluding hydrogens is 432 g/mol. The Bertz CT molecular complexity index is 1220. The van der Waals surface area contributed by atoms with Crippen molar-refractivity contribution in [1.82, 2.24) is 24.5 Å². The Labute approximate surface area is 187 Å². The largest absolute Gasteiger partial charge is 0.376 e. The van der Waals surface area contributed by atoms with Crippen LogP contribution in [0.3, 0.4) is 0 Å². The molecule has 10 heteroatoms. The maximum absolute atomic E-state index is 11.3. The Hall–Kier alpha value is -2.69. The van der Waals surface area contributed by atoms with Gasteiger partial charge in [-0.3, -0.25) is 9.36 Å². The van der Waals surface area contributed by atoms with E-state index in [9.17, 15) is 4.79 Å². The molecule has 31 heavy (non-hydrogen) atoms. The molecule has 1 atom stereocenters. The second-order valence-corrected chi connectivity index (χ2v) is 9.44. The van der Waals surface area contributed by atoms with E-state index in [1.54, 1.807) is 11.3 Å². The van der Waals surface area contributed by atoms with Crippen LogP contribution in [0.15, 0.2) is 41.6 Å². The van der Waals surface area contributed by atoms with Crippen LogP contribution in [0.1, 0.15) is 18.5 Å². The fraction of sp³-hybridized carbons (Fsp3) is 0.333. The van der Waals surface area contributed by atoms with Gasteiger partial charge in [0.25, 0.3) is 0 Å². The fourth-order valence-electron chi connectivity index (χ4n) is 3.77. The van der Waals surface area contributed by atoms with Crippen molar-refractivity contribution in [2.75, 3.05) is 12.4 Å². The molecule has 0 aliphatic carbocycles. The number of carbonyl (C=O) groups is 1. The minimum atomic E-state index is -0.376. The predicted molar refractivity (Wildman–Crippen MR) is 122 cm³/mol. The number of thiophene rings is 1. The first-order chi connectivity index (χ1) is 15.1. The first-order valence-electron chi connectivity index (χ1n) is 10.1. The highest BCUT2D eigenvalue weighted by atomic mass is 32.2. The fourth-order valence-corrected chi connectivity index (χ4v) is 5.64. The predicted octanol–water partition coefficient (Wildman–Crippen LogP) is 3.41. The number of para-hydroxylation sites is 1. The van der Waals surface area contributed by atoms with Crippen LogP contribution in [-0.4, -0.2) is 48.9 Å². The number of thioether (sulfide) groups is 1. The number of nitrogens with two attached hydrogens (primary N) is 1. The standard InChI is InChI=1S/C21H22N6O2S2/c1-13-16-10-17(31-20(16)27(25-13)14-6-3-2-4-7-14)19-23-24-21(30-12-18(22)28)26(19)11-15-8-5-9-29-15/h2-4,6-7,10,15H,5,8-9,11-12H2,1H3,(H2,22,28). The van der Waals surface area contributed by atoms with Gasteiger partial charge in [-0.1, -0.05) is 30.0 Å². The molecule has 1 saturated heterocycles. The van der Waals surface area contributed by atoms with Gasteiger partial charge in [-0.2, -0.15) is 5.10 Å². The number of ether oxygens (including phenoxy) is 1. The lowest BCUT2D eigenvalue weighted by Crippen LogP contribution is -2.18. The SMILES string of the molecule is Cc1nn(-c2ccccc2)c2sc(-c3nnc(SCC(N)=O)n3CC3CCCO3)cc12. The van der Waals surface area contributed by atoms with Gasteiger partial charge in [0.05, 0.1) is 34.7 Å². The molecule has 1 unspecified atom stereocenters. The van der Waals surface area contributed by atoms with Crippen LogP contribution in [0.5, 0.6) is 0 Å². The first-order valence-corrected chi connectivity index (χ1v) is 11.9. The van der Waals surface area contributed by atoms with Gasteiger partial charge >= 0.3 is 0 Å². The molecule has 0 saturated carbocycles. The maximum Gasteiger partial charge on any atom is 0.227 e. The zero-order chi connectivity index (χ0) is 21.4. The lowest BCUT2D eigenvalue weighted by molar-refractivity contribution is -0.115. The topological polar surface area (TPSA) is 101 Å². The summed E-state index contributed by atoms with van der Waals surface area (Å²) in [6.45, 7) is 3.45. The second kappa shape index (κ2) is 8.45. The molecular formula is C21H22N6O2S2. The van der Waals surface area contributed by atoms with E-state index in [1.165, 1.54) is 11.8 Å². The van der Waals surface area contributed by atoms with E-state index in [2.05, 4.69) is 20.8 Å². The minimum Gasteiger partial charge on any atom is -0.376 e. The highest BCUT2D eigenvalue weighted by Gasteiger charge is 2.24. The summed E-state index contributed by atoms with van der Waals surface area (Å²) in [7, 11) is 0. The highest BCUT2D eigenvalue weighted by molar-refractivity contribution is 7.99. The molecule has 1 aromatic carbocycles. The van der Waals surface area contributed by atoms with Crippen molar-refractivity contribution in [2.45, 2.75) is 37.6 Å². The number of aromatic nitrogens is 5. The van der Waals surface area contributed by atoms with Gasteiger partial charge in [0.2, 0.25) is 5.91 Å². The number of rotatable bonds is 7. The molecule has 1 aliphatic heterocycles. The van der Waals surface area contributed by atoms with Crippen LogP contribution < -0.4 is 5.73 Å². The quantitative estimate of drug-likeness (QED) is 0.430. The van der Waals surface area contributed by atoms with Crippen LogP contribution in [0, 0.1) is 6.92 Å².